The second-order valence-electron chi connectivity index (χ2n) is 7.37. The highest BCUT2D eigenvalue weighted by Gasteiger charge is 2.29. The largest absolute Gasteiger partial charge is 0.331 e. The number of nitrogens with zero attached hydrogens (tertiary/aromatic N) is 5. The Kier molecular flexibility index (Phi) is 4.46. The number of amides is 1. The number of benzene rings is 2. The summed E-state index contributed by atoms with van der Waals surface area (Å²) in [7, 11) is 1.65. The van der Waals surface area contributed by atoms with Crippen LogP contribution in [0.5, 0.6) is 0 Å². The smallest absolute Gasteiger partial charge is 0.274 e. The Hall–Kier alpha value is -3.75. The van der Waals surface area contributed by atoms with Crippen LogP contribution < -0.4 is 0 Å². The van der Waals surface area contributed by atoms with Gasteiger partial charge in [0.1, 0.15) is 5.69 Å². The summed E-state index contributed by atoms with van der Waals surface area (Å²) in [6, 6.07) is 9.20. The summed E-state index contributed by atoms with van der Waals surface area (Å²) in [4.78, 5) is 23.3. The molecule has 0 saturated heterocycles. The quantitative estimate of drug-likeness (QED) is 0.462. The van der Waals surface area contributed by atoms with E-state index in [-0.39, 0.29) is 23.7 Å². The first-order valence-corrected chi connectivity index (χ1v) is 9.63. The number of carbonyl (C=O) groups is 1. The third kappa shape index (κ3) is 3.22. The molecule has 0 N–H and O–H groups in total. The van der Waals surface area contributed by atoms with Gasteiger partial charge in [-0.05, 0) is 30.7 Å². The van der Waals surface area contributed by atoms with E-state index in [0.29, 0.717) is 35.4 Å². The summed E-state index contributed by atoms with van der Waals surface area (Å²) >= 11 is 0. The molecule has 0 fully saturated rings. The van der Waals surface area contributed by atoms with Crippen LogP contribution in [0, 0.1) is 17.5 Å². The van der Waals surface area contributed by atoms with Crippen molar-refractivity contribution < 1.29 is 18.0 Å². The van der Waals surface area contributed by atoms with Crippen LogP contribution in [0.3, 0.4) is 0 Å². The van der Waals surface area contributed by atoms with Crippen LogP contribution in [0.1, 0.15) is 21.7 Å². The third-order valence-corrected chi connectivity index (χ3v) is 5.41. The third-order valence-electron chi connectivity index (χ3n) is 5.41. The number of hydrogen-bond donors (Lipinski definition) is 0. The molecule has 0 spiro atoms. The molecule has 0 saturated carbocycles. The monoisotopic (exact) mass is 423 g/mol. The lowest BCUT2D eigenvalue weighted by Crippen LogP contribution is -2.36. The summed E-state index contributed by atoms with van der Waals surface area (Å²) in [6.07, 6.45) is 1.89. The molecule has 0 atom stereocenters. The van der Waals surface area contributed by atoms with Crippen molar-refractivity contribution in [3.05, 3.63) is 77.0 Å². The fraction of sp³-hybridized carbons (Fsp3) is 0.182. The Morgan fingerprint density at radius 2 is 1.77 bits per heavy atom. The summed E-state index contributed by atoms with van der Waals surface area (Å²) < 4.78 is 42.4. The molecule has 6 nitrogen and oxygen atoms in total. The van der Waals surface area contributed by atoms with E-state index in [1.165, 1.54) is 10.9 Å². The van der Waals surface area contributed by atoms with Gasteiger partial charge in [0.2, 0.25) is 0 Å². The Balaban J connectivity index is 1.46. The summed E-state index contributed by atoms with van der Waals surface area (Å²) in [5, 5.41) is 4.43. The van der Waals surface area contributed by atoms with Crippen molar-refractivity contribution in [2.75, 3.05) is 6.54 Å². The molecule has 3 heterocycles. The minimum absolute atomic E-state index is 0.202. The maximum atomic E-state index is 13.8. The lowest BCUT2D eigenvalue weighted by atomic mass is 9.99. The van der Waals surface area contributed by atoms with Crippen LogP contribution in [0.4, 0.5) is 13.2 Å². The molecule has 9 heteroatoms. The first-order chi connectivity index (χ1) is 14.9. The first kappa shape index (κ1) is 19.2. The van der Waals surface area contributed by atoms with Gasteiger partial charge in [0.05, 0.1) is 35.2 Å². The predicted molar refractivity (Wildman–Crippen MR) is 107 cm³/mol. The molecule has 4 aromatic rings. The molecule has 1 aliphatic rings. The van der Waals surface area contributed by atoms with Gasteiger partial charge in [-0.25, -0.2) is 18.2 Å². The van der Waals surface area contributed by atoms with Crippen LogP contribution >= 0.6 is 0 Å². The number of rotatable bonds is 2. The number of carbonyl (C=O) groups excluding carboxylic acids is 1. The van der Waals surface area contributed by atoms with Crippen molar-refractivity contribution in [2.24, 2.45) is 7.05 Å². The molecule has 0 unspecified atom stereocenters. The van der Waals surface area contributed by atoms with E-state index in [1.54, 1.807) is 18.0 Å². The van der Waals surface area contributed by atoms with Crippen molar-refractivity contribution in [3.63, 3.8) is 0 Å². The molecular formula is C22H16F3N5O. The van der Waals surface area contributed by atoms with E-state index >= 15 is 0 Å². The van der Waals surface area contributed by atoms with E-state index in [9.17, 15) is 18.0 Å². The van der Waals surface area contributed by atoms with Crippen molar-refractivity contribution >= 4 is 16.9 Å². The Morgan fingerprint density at radius 3 is 2.52 bits per heavy atom. The van der Waals surface area contributed by atoms with Gasteiger partial charge < -0.3 is 4.90 Å². The zero-order chi connectivity index (χ0) is 21.7. The molecule has 1 aliphatic heterocycles. The van der Waals surface area contributed by atoms with Crippen molar-refractivity contribution in [2.45, 2.75) is 13.0 Å². The van der Waals surface area contributed by atoms with Crippen molar-refractivity contribution in [1.29, 1.82) is 0 Å². The molecule has 156 valence electrons. The number of para-hydroxylation sites is 2. The van der Waals surface area contributed by atoms with Gasteiger partial charge in [0.25, 0.3) is 5.91 Å². The molecule has 2 aromatic carbocycles. The van der Waals surface area contributed by atoms with Crippen molar-refractivity contribution in [3.8, 4) is 11.3 Å². The molecular weight excluding hydrogens is 407 g/mol. The molecule has 0 aliphatic carbocycles. The zero-order valence-electron chi connectivity index (χ0n) is 16.4. The van der Waals surface area contributed by atoms with Gasteiger partial charge in [-0.15, -0.1) is 0 Å². The maximum absolute atomic E-state index is 13.8. The first-order valence-electron chi connectivity index (χ1n) is 9.63. The van der Waals surface area contributed by atoms with E-state index < -0.39 is 17.5 Å². The minimum Gasteiger partial charge on any atom is -0.331 e. The van der Waals surface area contributed by atoms with Crippen LogP contribution in [-0.2, 0) is 20.0 Å². The number of fused-ring (bicyclic) bond motifs is 2. The SMILES string of the molecule is Cn1nc2c(c1-c1cc(F)c(F)c(F)c1)CCN(C(=O)c1cnc3ccccc3n1)C2. The fourth-order valence-electron chi connectivity index (χ4n) is 3.97. The second kappa shape index (κ2) is 7.19. The van der Waals surface area contributed by atoms with E-state index in [2.05, 4.69) is 15.1 Å². The number of halogens is 3. The predicted octanol–water partition coefficient (Wildman–Crippen LogP) is 3.65. The van der Waals surface area contributed by atoms with Crippen LogP contribution in [0.2, 0.25) is 0 Å². The van der Waals surface area contributed by atoms with Crippen LogP contribution in [-0.4, -0.2) is 37.1 Å². The van der Waals surface area contributed by atoms with E-state index in [4.69, 9.17) is 0 Å². The zero-order valence-corrected chi connectivity index (χ0v) is 16.4. The highest BCUT2D eigenvalue weighted by atomic mass is 19.2. The van der Waals surface area contributed by atoms with E-state index in [1.807, 2.05) is 18.2 Å². The number of hydrogen-bond acceptors (Lipinski definition) is 4. The highest BCUT2D eigenvalue weighted by Crippen LogP contribution is 2.32. The van der Waals surface area contributed by atoms with Gasteiger partial charge in [0, 0.05) is 24.7 Å². The second-order valence-corrected chi connectivity index (χ2v) is 7.37. The molecule has 1 amide bonds. The van der Waals surface area contributed by atoms with Crippen LogP contribution in [0.15, 0.2) is 42.6 Å². The lowest BCUT2D eigenvalue weighted by molar-refractivity contribution is 0.0726. The molecule has 0 bridgehead atoms. The van der Waals surface area contributed by atoms with Crippen molar-refractivity contribution in [1.82, 2.24) is 24.6 Å². The topological polar surface area (TPSA) is 63.9 Å². The summed E-state index contributed by atoms with van der Waals surface area (Å²) in [5.74, 6) is -4.29. The summed E-state index contributed by atoms with van der Waals surface area (Å²) in [5.41, 5.74) is 3.68. The fourth-order valence-corrected chi connectivity index (χ4v) is 3.97. The van der Waals surface area contributed by atoms with Gasteiger partial charge in [-0.2, -0.15) is 5.10 Å². The average Bonchev–Trinajstić information content (AvgIpc) is 3.11. The standard InChI is InChI=1S/C22H16F3N5O/c1-29-21(12-8-14(23)20(25)15(24)9-12)13-6-7-30(11-19(13)28-29)22(31)18-10-26-16-4-2-3-5-17(16)27-18/h2-5,8-10H,6-7,11H2,1H3. The molecule has 0 radical (unpaired) electrons. The Labute approximate surface area is 175 Å². The molecule has 2 aromatic heterocycles. The molecule has 5 rings (SSSR count). The highest BCUT2D eigenvalue weighted by molar-refractivity contribution is 5.94. The van der Waals surface area contributed by atoms with Crippen LogP contribution in [0.25, 0.3) is 22.3 Å². The maximum Gasteiger partial charge on any atom is 0.274 e. The van der Waals surface area contributed by atoms with E-state index in [0.717, 1.165) is 17.7 Å². The van der Waals surface area contributed by atoms with Gasteiger partial charge in [0.15, 0.2) is 17.5 Å². The molecule has 31 heavy (non-hydrogen) atoms. The Bertz CT molecular complexity index is 1330. The normalized spacial score (nSPS) is 13.5. The van der Waals surface area contributed by atoms with Gasteiger partial charge >= 0.3 is 0 Å². The van der Waals surface area contributed by atoms with Gasteiger partial charge in [-0.3, -0.25) is 14.5 Å². The Morgan fingerprint density at radius 1 is 1.06 bits per heavy atom. The average molecular weight is 423 g/mol. The van der Waals surface area contributed by atoms with Gasteiger partial charge in [-0.1, -0.05) is 12.1 Å². The minimum atomic E-state index is -1.51. The number of aromatic nitrogens is 4. The summed E-state index contributed by atoms with van der Waals surface area (Å²) in [6.45, 7) is 0.605. The lowest BCUT2D eigenvalue weighted by Gasteiger charge is -2.26. The number of aryl methyl sites for hydroxylation is 1.